The molecule has 3 aromatic heterocycles. The van der Waals surface area contributed by atoms with E-state index in [9.17, 15) is 4.79 Å². The van der Waals surface area contributed by atoms with Crippen molar-refractivity contribution in [2.24, 2.45) is 5.92 Å². The molecule has 0 atom stereocenters. The molecule has 1 N–H and O–H groups in total. The molecule has 0 radical (unpaired) electrons. The summed E-state index contributed by atoms with van der Waals surface area (Å²) in [6, 6.07) is 1.89. The molecule has 1 aliphatic rings. The van der Waals surface area contributed by atoms with Gasteiger partial charge in [-0.05, 0) is 6.92 Å². The topological polar surface area (TPSA) is 88.8 Å². The summed E-state index contributed by atoms with van der Waals surface area (Å²) in [7, 11) is 0. The third kappa shape index (κ3) is 2.85. The van der Waals surface area contributed by atoms with Crippen molar-refractivity contribution in [1.82, 2.24) is 24.5 Å². The molecular formula is C15H15N7OS. The third-order valence-corrected chi connectivity index (χ3v) is 4.66. The highest BCUT2D eigenvalue weighted by Gasteiger charge is 2.34. The lowest BCUT2D eigenvalue weighted by Gasteiger charge is -2.38. The first-order valence-electron chi connectivity index (χ1n) is 7.47. The van der Waals surface area contributed by atoms with Crippen LogP contribution >= 0.6 is 11.3 Å². The van der Waals surface area contributed by atoms with Gasteiger partial charge in [0.1, 0.15) is 24.3 Å². The van der Waals surface area contributed by atoms with Crippen LogP contribution in [0.4, 0.5) is 10.9 Å². The number of thiazole rings is 1. The van der Waals surface area contributed by atoms with E-state index in [0.29, 0.717) is 18.2 Å². The van der Waals surface area contributed by atoms with E-state index in [2.05, 4.69) is 30.2 Å². The number of imidazole rings is 1. The van der Waals surface area contributed by atoms with Gasteiger partial charge in [0, 0.05) is 42.6 Å². The summed E-state index contributed by atoms with van der Waals surface area (Å²) >= 11 is 1.48. The molecule has 0 aliphatic carbocycles. The molecule has 0 saturated carbocycles. The van der Waals surface area contributed by atoms with Crippen LogP contribution in [0.25, 0.3) is 5.82 Å². The van der Waals surface area contributed by atoms with Gasteiger partial charge < -0.3 is 10.2 Å². The lowest BCUT2D eigenvalue weighted by Crippen LogP contribution is -2.52. The maximum atomic E-state index is 12.2. The van der Waals surface area contributed by atoms with Gasteiger partial charge in [0.05, 0.1) is 5.92 Å². The van der Waals surface area contributed by atoms with E-state index in [0.717, 1.165) is 16.5 Å². The summed E-state index contributed by atoms with van der Waals surface area (Å²) in [4.78, 5) is 32.0. The van der Waals surface area contributed by atoms with Crippen LogP contribution in [0, 0.1) is 12.8 Å². The van der Waals surface area contributed by atoms with Crippen molar-refractivity contribution in [3.05, 3.63) is 42.2 Å². The highest BCUT2D eigenvalue weighted by Crippen LogP contribution is 2.25. The Morgan fingerprint density at radius 1 is 1.29 bits per heavy atom. The van der Waals surface area contributed by atoms with E-state index < -0.39 is 0 Å². The quantitative estimate of drug-likeness (QED) is 0.774. The molecule has 0 bridgehead atoms. The number of nitrogens with one attached hydrogen (secondary N) is 1. The van der Waals surface area contributed by atoms with Gasteiger partial charge in [-0.3, -0.25) is 9.36 Å². The number of amides is 1. The smallest absolute Gasteiger partial charge is 0.232 e. The third-order valence-electron chi connectivity index (χ3n) is 3.83. The molecule has 0 spiro atoms. The van der Waals surface area contributed by atoms with Crippen LogP contribution in [-0.2, 0) is 4.79 Å². The molecule has 0 aromatic carbocycles. The Bertz CT molecular complexity index is 854. The highest BCUT2D eigenvalue weighted by molar-refractivity contribution is 7.15. The number of carbonyl (C=O) groups is 1. The Labute approximate surface area is 142 Å². The summed E-state index contributed by atoms with van der Waals surface area (Å²) in [6.07, 6.45) is 8.50. The zero-order chi connectivity index (χ0) is 16.5. The first-order chi connectivity index (χ1) is 11.7. The SMILES string of the molecule is Cc1cnc(NC(=O)C2CN(c3cc(-n4ccnc4)ncn3)C2)s1. The molecule has 4 rings (SSSR count). The summed E-state index contributed by atoms with van der Waals surface area (Å²) in [5, 5.41) is 3.52. The molecule has 1 aliphatic heterocycles. The van der Waals surface area contributed by atoms with Crippen molar-refractivity contribution in [3.63, 3.8) is 0 Å². The van der Waals surface area contributed by atoms with Crippen LogP contribution in [0.2, 0.25) is 0 Å². The first kappa shape index (κ1) is 14.8. The van der Waals surface area contributed by atoms with E-state index in [1.807, 2.05) is 23.8 Å². The van der Waals surface area contributed by atoms with E-state index in [4.69, 9.17) is 0 Å². The second kappa shape index (κ2) is 6.00. The van der Waals surface area contributed by atoms with Crippen LogP contribution < -0.4 is 10.2 Å². The normalized spacial score (nSPS) is 14.5. The van der Waals surface area contributed by atoms with Gasteiger partial charge in [0.25, 0.3) is 0 Å². The minimum absolute atomic E-state index is 0.00416. The average molecular weight is 341 g/mol. The number of nitrogens with zero attached hydrogens (tertiary/aromatic N) is 6. The Balaban J connectivity index is 1.39. The zero-order valence-corrected chi connectivity index (χ0v) is 13.8. The number of hydrogen-bond acceptors (Lipinski definition) is 7. The Morgan fingerprint density at radius 2 is 2.12 bits per heavy atom. The number of rotatable bonds is 4. The largest absolute Gasteiger partial charge is 0.355 e. The minimum atomic E-state index is -0.0548. The summed E-state index contributed by atoms with van der Waals surface area (Å²) < 4.78 is 1.82. The van der Waals surface area contributed by atoms with Gasteiger partial charge in [-0.1, -0.05) is 0 Å². The van der Waals surface area contributed by atoms with E-state index in [1.54, 1.807) is 18.7 Å². The lowest BCUT2D eigenvalue weighted by atomic mass is 9.99. The average Bonchev–Trinajstić information content (AvgIpc) is 3.18. The molecule has 4 heterocycles. The van der Waals surface area contributed by atoms with Gasteiger partial charge in [-0.2, -0.15) is 0 Å². The predicted octanol–water partition coefficient (Wildman–Crippen LogP) is 1.50. The van der Waals surface area contributed by atoms with Gasteiger partial charge in [-0.25, -0.2) is 19.9 Å². The molecule has 1 fully saturated rings. The minimum Gasteiger partial charge on any atom is -0.355 e. The Morgan fingerprint density at radius 3 is 2.83 bits per heavy atom. The number of aromatic nitrogens is 5. The van der Waals surface area contributed by atoms with Gasteiger partial charge in [-0.15, -0.1) is 11.3 Å². The highest BCUT2D eigenvalue weighted by atomic mass is 32.1. The fourth-order valence-electron chi connectivity index (χ4n) is 2.50. The van der Waals surface area contributed by atoms with Crippen LogP contribution in [0.3, 0.4) is 0 Å². The molecule has 122 valence electrons. The fourth-order valence-corrected chi connectivity index (χ4v) is 3.16. The van der Waals surface area contributed by atoms with E-state index >= 15 is 0 Å². The van der Waals surface area contributed by atoms with Crippen LogP contribution in [0.1, 0.15) is 4.88 Å². The van der Waals surface area contributed by atoms with Gasteiger partial charge >= 0.3 is 0 Å². The summed E-state index contributed by atoms with van der Waals surface area (Å²) in [5.41, 5.74) is 0. The standard InChI is InChI=1S/C15H15N7OS/c1-10-5-17-15(24-10)20-14(23)11-6-22(7-11)13-4-12(18-8-19-13)21-3-2-16-9-21/h2-5,8-9,11H,6-7H2,1H3,(H,17,20,23). The number of hydrogen-bond donors (Lipinski definition) is 1. The van der Waals surface area contributed by atoms with Crippen molar-refractivity contribution in [2.45, 2.75) is 6.92 Å². The second-order valence-electron chi connectivity index (χ2n) is 5.57. The molecule has 9 heteroatoms. The second-order valence-corrected chi connectivity index (χ2v) is 6.81. The molecule has 1 saturated heterocycles. The predicted molar refractivity (Wildman–Crippen MR) is 90.3 cm³/mol. The summed E-state index contributed by atoms with van der Waals surface area (Å²) in [6.45, 7) is 3.23. The Kier molecular flexibility index (Phi) is 3.69. The maximum Gasteiger partial charge on any atom is 0.232 e. The van der Waals surface area contributed by atoms with Crippen molar-refractivity contribution in [2.75, 3.05) is 23.3 Å². The fraction of sp³-hybridized carbons (Fsp3) is 0.267. The number of anilines is 2. The monoisotopic (exact) mass is 341 g/mol. The molecule has 0 unspecified atom stereocenters. The van der Waals surface area contributed by atoms with E-state index in [1.165, 1.54) is 17.7 Å². The van der Waals surface area contributed by atoms with Crippen molar-refractivity contribution in [3.8, 4) is 5.82 Å². The van der Waals surface area contributed by atoms with Crippen molar-refractivity contribution < 1.29 is 4.79 Å². The van der Waals surface area contributed by atoms with Crippen molar-refractivity contribution >= 4 is 28.2 Å². The number of carbonyl (C=O) groups excluding carboxylic acids is 1. The van der Waals surface area contributed by atoms with Crippen molar-refractivity contribution in [1.29, 1.82) is 0 Å². The van der Waals surface area contributed by atoms with Crippen LogP contribution in [0.5, 0.6) is 0 Å². The molecule has 1 amide bonds. The number of aryl methyl sites for hydroxylation is 1. The molecular weight excluding hydrogens is 326 g/mol. The van der Waals surface area contributed by atoms with E-state index in [-0.39, 0.29) is 11.8 Å². The first-order valence-corrected chi connectivity index (χ1v) is 8.29. The molecule has 3 aromatic rings. The zero-order valence-electron chi connectivity index (χ0n) is 13.0. The van der Waals surface area contributed by atoms with Crippen LogP contribution in [0.15, 0.2) is 37.3 Å². The Hall–Kier alpha value is -2.81. The maximum absolute atomic E-state index is 12.2. The molecule has 24 heavy (non-hydrogen) atoms. The summed E-state index contributed by atoms with van der Waals surface area (Å²) in [5.74, 6) is 1.51. The van der Waals surface area contributed by atoms with Gasteiger partial charge in [0.15, 0.2) is 5.13 Å². The van der Waals surface area contributed by atoms with Crippen LogP contribution in [-0.4, -0.2) is 43.5 Å². The van der Waals surface area contributed by atoms with Gasteiger partial charge in [0.2, 0.25) is 5.91 Å². The molecule has 8 nitrogen and oxygen atoms in total. The lowest BCUT2D eigenvalue weighted by molar-refractivity contribution is -0.120.